The van der Waals surface area contributed by atoms with Crippen molar-refractivity contribution in [3.05, 3.63) is 30.3 Å². The number of carbonyl (C=O) groups excluding carboxylic acids is 1. The van der Waals surface area contributed by atoms with Crippen LogP contribution in [-0.2, 0) is 4.79 Å². The first kappa shape index (κ1) is 14.9. The summed E-state index contributed by atoms with van der Waals surface area (Å²) in [4.78, 5) is 12.3. The first-order chi connectivity index (χ1) is 9.50. The van der Waals surface area contributed by atoms with E-state index in [9.17, 15) is 4.79 Å². The van der Waals surface area contributed by atoms with Crippen LogP contribution in [0, 0.1) is 5.41 Å². The maximum absolute atomic E-state index is 12.3. The fraction of sp³-hybridized carbons (Fsp3) is 0.588. The van der Waals surface area contributed by atoms with Crippen LogP contribution in [0.3, 0.4) is 0 Å². The van der Waals surface area contributed by atoms with Crippen LogP contribution >= 0.6 is 0 Å². The molecule has 1 fully saturated rings. The lowest BCUT2D eigenvalue weighted by Crippen LogP contribution is -2.42. The summed E-state index contributed by atoms with van der Waals surface area (Å²) in [5, 5.41) is 3.14. The van der Waals surface area contributed by atoms with E-state index in [0.29, 0.717) is 17.9 Å². The maximum atomic E-state index is 12.3. The Labute approximate surface area is 121 Å². The van der Waals surface area contributed by atoms with Crippen LogP contribution in [-0.4, -0.2) is 18.1 Å². The number of amides is 1. The van der Waals surface area contributed by atoms with Gasteiger partial charge in [-0.05, 0) is 43.2 Å². The lowest BCUT2D eigenvalue weighted by atomic mass is 9.92. The van der Waals surface area contributed by atoms with Gasteiger partial charge in [0.15, 0.2) is 6.10 Å². The number of nitrogens with one attached hydrogen (secondary N) is 1. The van der Waals surface area contributed by atoms with Gasteiger partial charge in [-0.25, -0.2) is 0 Å². The molecule has 1 aromatic rings. The lowest BCUT2D eigenvalue weighted by Gasteiger charge is -2.21. The van der Waals surface area contributed by atoms with Gasteiger partial charge < -0.3 is 10.1 Å². The zero-order valence-electron chi connectivity index (χ0n) is 12.7. The molecule has 110 valence electrons. The Kier molecular flexibility index (Phi) is 4.69. The minimum Gasteiger partial charge on any atom is -0.481 e. The van der Waals surface area contributed by atoms with Crippen LogP contribution in [0.2, 0.25) is 0 Å². The van der Waals surface area contributed by atoms with Gasteiger partial charge in [-0.1, -0.05) is 39.0 Å². The Morgan fingerprint density at radius 2 is 2.10 bits per heavy atom. The molecular formula is C17H25NO2. The zero-order valence-corrected chi connectivity index (χ0v) is 12.7. The van der Waals surface area contributed by atoms with Gasteiger partial charge in [-0.2, -0.15) is 0 Å². The molecule has 3 nitrogen and oxygen atoms in total. The molecule has 2 unspecified atom stereocenters. The second kappa shape index (κ2) is 6.29. The highest BCUT2D eigenvalue weighted by molar-refractivity contribution is 5.81. The molecule has 0 spiro atoms. The van der Waals surface area contributed by atoms with Crippen molar-refractivity contribution in [3.8, 4) is 5.75 Å². The number of para-hydroxylation sites is 1. The van der Waals surface area contributed by atoms with Crippen molar-refractivity contribution >= 4 is 5.91 Å². The minimum atomic E-state index is -0.402. The normalized spacial score (nSPS) is 22.2. The zero-order chi connectivity index (χ0) is 14.6. The molecule has 20 heavy (non-hydrogen) atoms. The summed E-state index contributed by atoms with van der Waals surface area (Å²) in [6.07, 6.45) is 3.58. The minimum absolute atomic E-state index is 0.0130. The van der Waals surface area contributed by atoms with Crippen LogP contribution in [0.4, 0.5) is 0 Å². The molecule has 0 saturated heterocycles. The summed E-state index contributed by atoms with van der Waals surface area (Å²) < 4.78 is 5.78. The Hall–Kier alpha value is -1.51. The van der Waals surface area contributed by atoms with Crippen molar-refractivity contribution in [2.75, 3.05) is 0 Å². The number of hydrogen-bond acceptors (Lipinski definition) is 2. The van der Waals surface area contributed by atoms with E-state index in [2.05, 4.69) is 19.2 Å². The highest BCUT2D eigenvalue weighted by atomic mass is 16.5. The molecule has 2 rings (SSSR count). The van der Waals surface area contributed by atoms with Crippen molar-refractivity contribution in [1.82, 2.24) is 5.32 Å². The van der Waals surface area contributed by atoms with E-state index in [1.807, 2.05) is 37.3 Å². The number of carbonyl (C=O) groups is 1. The lowest BCUT2D eigenvalue weighted by molar-refractivity contribution is -0.128. The van der Waals surface area contributed by atoms with Gasteiger partial charge >= 0.3 is 0 Å². The third-order valence-corrected chi connectivity index (χ3v) is 4.00. The second-order valence-corrected chi connectivity index (χ2v) is 6.44. The molecule has 1 saturated carbocycles. The Balaban J connectivity index is 1.89. The molecule has 0 radical (unpaired) electrons. The molecule has 0 bridgehead atoms. The maximum Gasteiger partial charge on any atom is 0.261 e. The summed E-state index contributed by atoms with van der Waals surface area (Å²) in [5.41, 5.74) is 0.347. The van der Waals surface area contributed by atoms with Gasteiger partial charge in [0, 0.05) is 6.04 Å². The third-order valence-electron chi connectivity index (χ3n) is 4.00. The number of ether oxygens (including phenoxy) is 1. The topological polar surface area (TPSA) is 38.3 Å². The van der Waals surface area contributed by atoms with Crippen LogP contribution < -0.4 is 10.1 Å². The SMILES string of the molecule is CCC(Oc1ccccc1)C(=O)NC1CCC(C)(C)C1. The van der Waals surface area contributed by atoms with Gasteiger partial charge in [-0.15, -0.1) is 0 Å². The molecule has 0 aromatic heterocycles. The van der Waals surface area contributed by atoms with E-state index < -0.39 is 6.10 Å². The molecule has 2 atom stereocenters. The first-order valence-corrected chi connectivity index (χ1v) is 7.52. The van der Waals surface area contributed by atoms with Gasteiger partial charge in [0.2, 0.25) is 0 Å². The standard InChI is InChI=1S/C17H25NO2/c1-4-15(20-14-8-6-5-7-9-14)16(19)18-13-10-11-17(2,3)12-13/h5-9,13,15H,4,10-12H2,1-3H3,(H,18,19). The highest BCUT2D eigenvalue weighted by Gasteiger charge is 2.33. The van der Waals surface area contributed by atoms with E-state index >= 15 is 0 Å². The number of rotatable bonds is 5. The Morgan fingerprint density at radius 1 is 1.40 bits per heavy atom. The summed E-state index contributed by atoms with van der Waals surface area (Å²) in [7, 11) is 0. The highest BCUT2D eigenvalue weighted by Crippen LogP contribution is 2.36. The monoisotopic (exact) mass is 275 g/mol. The predicted molar refractivity (Wildman–Crippen MR) is 80.7 cm³/mol. The van der Waals surface area contributed by atoms with Crippen LogP contribution in [0.25, 0.3) is 0 Å². The molecule has 1 aliphatic rings. The third kappa shape index (κ3) is 3.99. The van der Waals surface area contributed by atoms with Crippen molar-refractivity contribution in [1.29, 1.82) is 0 Å². The average molecular weight is 275 g/mol. The molecule has 3 heteroatoms. The quantitative estimate of drug-likeness (QED) is 0.892. The van der Waals surface area contributed by atoms with Gasteiger partial charge in [-0.3, -0.25) is 4.79 Å². The number of benzene rings is 1. The molecule has 1 aromatic carbocycles. The van der Waals surface area contributed by atoms with Gasteiger partial charge in [0.05, 0.1) is 0 Å². The Morgan fingerprint density at radius 3 is 2.65 bits per heavy atom. The molecule has 1 N–H and O–H groups in total. The molecule has 1 aliphatic carbocycles. The first-order valence-electron chi connectivity index (χ1n) is 7.52. The molecule has 0 heterocycles. The summed E-state index contributed by atoms with van der Waals surface area (Å²) in [6.45, 7) is 6.50. The van der Waals surface area contributed by atoms with Crippen LogP contribution in [0.1, 0.15) is 46.5 Å². The summed E-state index contributed by atoms with van der Waals surface area (Å²) >= 11 is 0. The Bertz CT molecular complexity index is 442. The summed E-state index contributed by atoms with van der Waals surface area (Å²) in [6, 6.07) is 9.84. The second-order valence-electron chi connectivity index (χ2n) is 6.44. The largest absolute Gasteiger partial charge is 0.481 e. The smallest absolute Gasteiger partial charge is 0.261 e. The van der Waals surface area contributed by atoms with Gasteiger partial charge in [0.1, 0.15) is 5.75 Å². The van der Waals surface area contributed by atoms with Gasteiger partial charge in [0.25, 0.3) is 5.91 Å². The fourth-order valence-corrected chi connectivity index (χ4v) is 2.84. The van der Waals surface area contributed by atoms with Crippen molar-refractivity contribution in [2.45, 2.75) is 58.6 Å². The molecular weight excluding hydrogens is 250 g/mol. The predicted octanol–water partition coefficient (Wildman–Crippen LogP) is 3.54. The van der Waals surface area contributed by atoms with E-state index in [1.54, 1.807) is 0 Å². The average Bonchev–Trinajstić information content (AvgIpc) is 2.76. The van der Waals surface area contributed by atoms with Crippen molar-refractivity contribution < 1.29 is 9.53 Å². The summed E-state index contributed by atoms with van der Waals surface area (Å²) in [5.74, 6) is 0.764. The van der Waals surface area contributed by atoms with E-state index in [4.69, 9.17) is 4.74 Å². The fourth-order valence-electron chi connectivity index (χ4n) is 2.84. The number of hydrogen-bond donors (Lipinski definition) is 1. The molecule has 1 amide bonds. The van der Waals surface area contributed by atoms with Crippen molar-refractivity contribution in [2.24, 2.45) is 5.41 Å². The van der Waals surface area contributed by atoms with E-state index in [-0.39, 0.29) is 5.91 Å². The van der Waals surface area contributed by atoms with Crippen molar-refractivity contribution in [3.63, 3.8) is 0 Å². The van der Waals surface area contributed by atoms with Crippen LogP contribution in [0.15, 0.2) is 30.3 Å². The van der Waals surface area contributed by atoms with Crippen LogP contribution in [0.5, 0.6) is 5.75 Å². The van der Waals surface area contributed by atoms with E-state index in [0.717, 1.165) is 18.6 Å². The molecule has 0 aliphatic heterocycles. The van der Waals surface area contributed by atoms with E-state index in [1.165, 1.54) is 6.42 Å².